The molecule has 0 spiro atoms. The van der Waals surface area contributed by atoms with E-state index >= 15 is 0 Å². The van der Waals surface area contributed by atoms with E-state index in [1.54, 1.807) is 4.90 Å². The molecule has 3 heterocycles. The highest BCUT2D eigenvalue weighted by atomic mass is 16.2. The molecule has 4 rings (SSSR count). The van der Waals surface area contributed by atoms with Crippen molar-refractivity contribution in [3.05, 3.63) is 41.5 Å². The molecule has 30 heavy (non-hydrogen) atoms. The van der Waals surface area contributed by atoms with E-state index in [0.717, 1.165) is 22.4 Å². The summed E-state index contributed by atoms with van der Waals surface area (Å²) in [5.74, 6) is -0.109. The number of rotatable bonds is 2. The van der Waals surface area contributed by atoms with Crippen LogP contribution in [0.25, 0.3) is 16.7 Å². The third-order valence-corrected chi connectivity index (χ3v) is 5.37. The Morgan fingerprint density at radius 2 is 1.87 bits per heavy atom. The van der Waals surface area contributed by atoms with E-state index in [4.69, 9.17) is 4.98 Å². The Bertz CT molecular complexity index is 1180. The summed E-state index contributed by atoms with van der Waals surface area (Å²) >= 11 is 0. The Morgan fingerprint density at radius 3 is 2.53 bits per heavy atom. The molecule has 2 aromatic heterocycles. The largest absolute Gasteiger partial charge is 0.354 e. The van der Waals surface area contributed by atoms with Crippen LogP contribution in [0.1, 0.15) is 25.0 Å². The van der Waals surface area contributed by atoms with Gasteiger partial charge in [-0.2, -0.15) is 5.26 Å². The molecular formula is C22H24N6O2. The number of nitriles is 1. The van der Waals surface area contributed by atoms with Crippen LogP contribution in [0.15, 0.2) is 30.3 Å². The molecule has 3 aromatic rings. The highest BCUT2D eigenvalue weighted by Gasteiger charge is 2.28. The number of aryl methyl sites for hydroxylation is 1. The molecule has 1 fully saturated rings. The Kier molecular flexibility index (Phi) is 5.04. The lowest BCUT2D eigenvalue weighted by molar-refractivity contribution is -0.146. The first-order valence-electron chi connectivity index (χ1n) is 10.1. The summed E-state index contributed by atoms with van der Waals surface area (Å²) in [5.41, 5.74) is 3.84. The lowest BCUT2D eigenvalue weighted by atomic mass is 10.1. The SMILES string of the molecule is Cc1cc(N2CCN(C(=O)C(=O)NC(C)C)CC2)n2c(nc3ccccc32)c1C#N. The average Bonchev–Trinajstić information content (AvgIpc) is 3.11. The lowest BCUT2D eigenvalue weighted by Gasteiger charge is -2.36. The number of fused-ring (bicyclic) bond motifs is 3. The van der Waals surface area contributed by atoms with Crippen LogP contribution < -0.4 is 10.2 Å². The van der Waals surface area contributed by atoms with Crippen LogP contribution in [0, 0.1) is 18.3 Å². The van der Waals surface area contributed by atoms with E-state index in [2.05, 4.69) is 16.3 Å². The standard InChI is InChI=1S/C22H24N6O2/c1-14(2)24-21(29)22(30)27-10-8-26(9-11-27)19-12-15(3)16(13-23)20-25-17-6-4-5-7-18(17)28(19)20/h4-7,12,14H,8-11H2,1-3H3,(H,24,29). The number of anilines is 1. The summed E-state index contributed by atoms with van der Waals surface area (Å²) in [7, 11) is 0. The first-order valence-corrected chi connectivity index (χ1v) is 10.1. The number of imidazole rings is 1. The smallest absolute Gasteiger partial charge is 0.312 e. The number of carbonyl (C=O) groups is 2. The van der Waals surface area contributed by atoms with E-state index in [0.29, 0.717) is 37.4 Å². The molecule has 1 aliphatic heterocycles. The number of pyridine rings is 1. The van der Waals surface area contributed by atoms with Crippen molar-refractivity contribution in [2.45, 2.75) is 26.8 Å². The van der Waals surface area contributed by atoms with Crippen molar-refractivity contribution in [1.82, 2.24) is 19.6 Å². The predicted molar refractivity (Wildman–Crippen MR) is 114 cm³/mol. The van der Waals surface area contributed by atoms with Gasteiger partial charge in [-0.1, -0.05) is 12.1 Å². The lowest BCUT2D eigenvalue weighted by Crippen LogP contribution is -2.53. The molecule has 0 radical (unpaired) electrons. The van der Waals surface area contributed by atoms with Crippen molar-refractivity contribution in [2.24, 2.45) is 0 Å². The molecular weight excluding hydrogens is 380 g/mol. The van der Waals surface area contributed by atoms with E-state index in [-0.39, 0.29) is 6.04 Å². The molecule has 8 nitrogen and oxygen atoms in total. The van der Waals surface area contributed by atoms with Gasteiger partial charge in [0.25, 0.3) is 0 Å². The topological polar surface area (TPSA) is 93.7 Å². The van der Waals surface area contributed by atoms with Crippen molar-refractivity contribution in [3.8, 4) is 6.07 Å². The molecule has 0 saturated carbocycles. The fourth-order valence-electron chi connectivity index (χ4n) is 3.91. The maximum atomic E-state index is 12.4. The Morgan fingerprint density at radius 1 is 1.17 bits per heavy atom. The maximum Gasteiger partial charge on any atom is 0.312 e. The first-order chi connectivity index (χ1) is 14.4. The average molecular weight is 404 g/mol. The fraction of sp³-hybridized carbons (Fsp3) is 0.364. The third kappa shape index (κ3) is 3.32. The van der Waals surface area contributed by atoms with Crippen LogP contribution in [0.2, 0.25) is 0 Å². The number of hydrogen-bond acceptors (Lipinski definition) is 5. The third-order valence-electron chi connectivity index (χ3n) is 5.37. The zero-order valence-electron chi connectivity index (χ0n) is 17.3. The van der Waals surface area contributed by atoms with Crippen molar-refractivity contribution in [2.75, 3.05) is 31.1 Å². The van der Waals surface area contributed by atoms with E-state index in [9.17, 15) is 14.9 Å². The summed E-state index contributed by atoms with van der Waals surface area (Å²) in [6, 6.07) is 12.0. The molecule has 1 aliphatic rings. The van der Waals surface area contributed by atoms with E-state index < -0.39 is 11.8 Å². The van der Waals surface area contributed by atoms with Gasteiger partial charge in [0, 0.05) is 32.2 Å². The maximum absolute atomic E-state index is 12.4. The zero-order valence-corrected chi connectivity index (χ0v) is 17.3. The van der Waals surface area contributed by atoms with Gasteiger partial charge in [-0.25, -0.2) is 4.98 Å². The van der Waals surface area contributed by atoms with Gasteiger partial charge in [0.1, 0.15) is 11.9 Å². The molecule has 8 heteroatoms. The quantitative estimate of drug-likeness (QED) is 0.658. The minimum Gasteiger partial charge on any atom is -0.354 e. The van der Waals surface area contributed by atoms with Gasteiger partial charge in [-0.05, 0) is 44.5 Å². The highest BCUT2D eigenvalue weighted by Crippen LogP contribution is 2.29. The molecule has 154 valence electrons. The second-order valence-electron chi connectivity index (χ2n) is 7.84. The van der Waals surface area contributed by atoms with Crippen LogP contribution in [-0.2, 0) is 9.59 Å². The fourth-order valence-corrected chi connectivity index (χ4v) is 3.91. The zero-order chi connectivity index (χ0) is 21.4. The highest BCUT2D eigenvalue weighted by molar-refractivity contribution is 6.35. The van der Waals surface area contributed by atoms with Crippen molar-refractivity contribution in [1.29, 1.82) is 5.26 Å². The van der Waals surface area contributed by atoms with Gasteiger partial charge in [0.15, 0.2) is 5.65 Å². The van der Waals surface area contributed by atoms with Gasteiger partial charge in [-0.3, -0.25) is 14.0 Å². The molecule has 1 aromatic carbocycles. The second kappa shape index (κ2) is 7.67. The molecule has 2 amide bonds. The van der Waals surface area contributed by atoms with Gasteiger partial charge < -0.3 is 15.1 Å². The molecule has 0 bridgehead atoms. The Labute approximate surface area is 174 Å². The van der Waals surface area contributed by atoms with Crippen molar-refractivity contribution in [3.63, 3.8) is 0 Å². The van der Waals surface area contributed by atoms with Crippen LogP contribution in [0.4, 0.5) is 5.82 Å². The van der Waals surface area contributed by atoms with E-state index in [1.807, 2.05) is 55.5 Å². The minimum atomic E-state index is -0.560. The number of amides is 2. The van der Waals surface area contributed by atoms with Crippen molar-refractivity contribution >= 4 is 34.3 Å². The Balaban J connectivity index is 1.66. The Hall–Kier alpha value is -3.60. The number of nitrogens with zero attached hydrogens (tertiary/aromatic N) is 5. The molecule has 0 unspecified atom stereocenters. The summed E-state index contributed by atoms with van der Waals surface area (Å²) < 4.78 is 2.02. The number of hydrogen-bond donors (Lipinski definition) is 1. The number of aromatic nitrogens is 2. The second-order valence-corrected chi connectivity index (χ2v) is 7.84. The molecule has 1 saturated heterocycles. The summed E-state index contributed by atoms with van der Waals surface area (Å²) in [6.07, 6.45) is 0. The predicted octanol–water partition coefficient (Wildman–Crippen LogP) is 1.84. The van der Waals surface area contributed by atoms with Crippen LogP contribution in [0.5, 0.6) is 0 Å². The van der Waals surface area contributed by atoms with Gasteiger partial charge in [0.2, 0.25) is 0 Å². The number of para-hydroxylation sites is 2. The van der Waals surface area contributed by atoms with Crippen molar-refractivity contribution < 1.29 is 9.59 Å². The summed E-state index contributed by atoms with van der Waals surface area (Å²) in [5, 5.41) is 12.3. The number of benzene rings is 1. The minimum absolute atomic E-state index is 0.0767. The van der Waals surface area contributed by atoms with Gasteiger partial charge >= 0.3 is 11.8 Å². The summed E-state index contributed by atoms with van der Waals surface area (Å²) in [6.45, 7) is 7.67. The van der Waals surface area contributed by atoms with Crippen LogP contribution in [-0.4, -0.2) is 58.3 Å². The number of nitrogens with one attached hydrogen (secondary N) is 1. The molecule has 0 aliphatic carbocycles. The molecule has 0 atom stereocenters. The number of piperazine rings is 1. The first kappa shape index (κ1) is 19.7. The van der Waals surface area contributed by atoms with E-state index in [1.165, 1.54) is 0 Å². The summed E-state index contributed by atoms with van der Waals surface area (Å²) in [4.78, 5) is 32.9. The normalized spacial score (nSPS) is 14.4. The van der Waals surface area contributed by atoms with Crippen LogP contribution in [0.3, 0.4) is 0 Å². The van der Waals surface area contributed by atoms with Gasteiger partial charge in [0.05, 0.1) is 16.6 Å². The number of carbonyl (C=O) groups excluding carboxylic acids is 2. The van der Waals surface area contributed by atoms with Gasteiger partial charge in [-0.15, -0.1) is 0 Å². The molecule has 1 N–H and O–H groups in total. The van der Waals surface area contributed by atoms with Crippen LogP contribution >= 0.6 is 0 Å². The monoisotopic (exact) mass is 404 g/mol.